The molecule has 1 N–H and O–H groups in total. The first-order chi connectivity index (χ1) is 4.33. The lowest BCUT2D eigenvalue weighted by Crippen LogP contribution is -2.28. The molecule has 0 aromatic rings. The minimum absolute atomic E-state index is 0.147. The zero-order chi connectivity index (χ0) is 6.69. The van der Waals surface area contributed by atoms with E-state index in [9.17, 15) is 4.79 Å². The number of carbonyl (C=O) groups excluding carboxylic acids is 1. The third kappa shape index (κ3) is 2.09. The van der Waals surface area contributed by atoms with Gasteiger partial charge in [0.25, 0.3) is 0 Å². The molecule has 1 heterocycles. The molecule has 1 aliphatic heterocycles. The van der Waals surface area contributed by atoms with Crippen molar-refractivity contribution in [3.63, 3.8) is 0 Å². The van der Waals surface area contributed by atoms with Gasteiger partial charge in [0.2, 0.25) is 5.91 Å². The second-order valence-electron chi connectivity index (χ2n) is 2.08. The molecule has 0 aromatic carbocycles. The van der Waals surface area contributed by atoms with E-state index in [1.807, 2.05) is 23.0 Å². The number of rotatable bonds is 2. The summed E-state index contributed by atoms with van der Waals surface area (Å²) in [5.74, 6) is 0.147. The van der Waals surface area contributed by atoms with Crippen molar-refractivity contribution in [2.75, 3.05) is 6.61 Å². The van der Waals surface area contributed by atoms with E-state index >= 15 is 0 Å². The monoisotopic (exact) mass is 241 g/mol. The number of amides is 1. The summed E-state index contributed by atoms with van der Waals surface area (Å²) >= 11 is 1.83. The number of carbonyl (C=O) groups is 1. The Labute approximate surface area is 67.8 Å². The van der Waals surface area contributed by atoms with Crippen molar-refractivity contribution in [3.8, 4) is 0 Å². The molecule has 1 fully saturated rings. The van der Waals surface area contributed by atoms with Gasteiger partial charge in [0, 0.05) is 6.42 Å². The molecule has 9 heavy (non-hydrogen) atoms. The largest absolute Gasteiger partial charge is 0.351 e. The van der Waals surface area contributed by atoms with E-state index in [0.717, 1.165) is 6.42 Å². The zero-order valence-corrected chi connectivity index (χ0v) is 7.05. The Bertz CT molecular complexity index is 118. The van der Waals surface area contributed by atoms with Crippen LogP contribution in [0.3, 0.4) is 0 Å². The summed E-state index contributed by atoms with van der Waals surface area (Å²) in [6.45, 7) is 0.631. The molecule has 0 aromatic heterocycles. The van der Waals surface area contributed by atoms with E-state index in [1.165, 1.54) is 0 Å². The fraction of sp³-hybridized carbons (Fsp3) is 0.800. The Morgan fingerprint density at radius 2 is 2.67 bits per heavy atom. The molecule has 1 rings (SSSR count). The van der Waals surface area contributed by atoms with Crippen LogP contribution in [0.5, 0.6) is 0 Å². The molecule has 0 aliphatic carbocycles. The normalized spacial score (nSPS) is 26.3. The Kier molecular flexibility index (Phi) is 2.71. The van der Waals surface area contributed by atoms with E-state index in [2.05, 4.69) is 5.32 Å². The highest BCUT2D eigenvalue weighted by atomic mass is 127. The van der Waals surface area contributed by atoms with Crippen molar-refractivity contribution in [2.45, 2.75) is 18.9 Å². The number of hydrogen-bond acceptors (Lipinski definition) is 2. The minimum atomic E-state index is 0.147. The van der Waals surface area contributed by atoms with Gasteiger partial charge in [-0.3, -0.25) is 4.79 Å². The Morgan fingerprint density at radius 3 is 3.11 bits per heavy atom. The van der Waals surface area contributed by atoms with E-state index in [0.29, 0.717) is 13.0 Å². The fourth-order valence-corrected chi connectivity index (χ4v) is 1.31. The molecule has 0 bridgehead atoms. The summed E-state index contributed by atoms with van der Waals surface area (Å²) in [6.07, 6.45) is 1.58. The zero-order valence-electron chi connectivity index (χ0n) is 4.89. The first kappa shape index (κ1) is 7.27. The molecule has 0 radical (unpaired) electrons. The lowest BCUT2D eigenvalue weighted by molar-refractivity contribution is -0.119. The molecule has 0 spiro atoms. The summed E-state index contributed by atoms with van der Waals surface area (Å²) in [7, 11) is 0. The Balaban J connectivity index is 2.22. The maximum Gasteiger partial charge on any atom is 0.220 e. The smallest absolute Gasteiger partial charge is 0.220 e. The standard InChI is InChI=1S/C5H8INO2/c6-9-3-4-1-2-5(8)7-4/h4H,1-3H2,(H,7,8)/t4-/m0/s1. The SMILES string of the molecule is O=C1CC[C@@H](COI)N1. The van der Waals surface area contributed by atoms with Crippen molar-refractivity contribution in [2.24, 2.45) is 0 Å². The number of halogens is 1. The van der Waals surface area contributed by atoms with Crippen LogP contribution in [0, 0.1) is 0 Å². The van der Waals surface area contributed by atoms with Crippen LogP contribution in [0.2, 0.25) is 0 Å². The van der Waals surface area contributed by atoms with Gasteiger partial charge in [-0.25, -0.2) is 0 Å². The van der Waals surface area contributed by atoms with Gasteiger partial charge in [-0.1, -0.05) is 0 Å². The maximum atomic E-state index is 10.6. The van der Waals surface area contributed by atoms with Gasteiger partial charge in [0.15, 0.2) is 0 Å². The van der Waals surface area contributed by atoms with Crippen LogP contribution in [0.4, 0.5) is 0 Å². The third-order valence-corrected chi connectivity index (χ3v) is 1.71. The van der Waals surface area contributed by atoms with E-state index < -0.39 is 0 Å². The summed E-state index contributed by atoms with van der Waals surface area (Å²) in [5.41, 5.74) is 0. The summed E-state index contributed by atoms with van der Waals surface area (Å²) < 4.78 is 4.83. The molecule has 1 aliphatic rings. The first-order valence-electron chi connectivity index (χ1n) is 2.86. The molecular formula is C5H8INO2. The van der Waals surface area contributed by atoms with Crippen molar-refractivity contribution >= 4 is 28.9 Å². The highest BCUT2D eigenvalue weighted by Crippen LogP contribution is 2.07. The van der Waals surface area contributed by atoms with E-state index in [1.54, 1.807) is 0 Å². The summed E-state index contributed by atoms with van der Waals surface area (Å²) in [4.78, 5) is 10.6. The molecule has 0 unspecified atom stereocenters. The molecule has 1 amide bonds. The van der Waals surface area contributed by atoms with Crippen LogP contribution < -0.4 is 5.32 Å². The first-order valence-corrected chi connectivity index (χ1v) is 3.74. The van der Waals surface area contributed by atoms with Crippen LogP contribution in [-0.4, -0.2) is 18.6 Å². The van der Waals surface area contributed by atoms with Crippen LogP contribution in [0.15, 0.2) is 0 Å². The highest BCUT2D eigenvalue weighted by Gasteiger charge is 2.19. The molecule has 4 heteroatoms. The molecular weight excluding hydrogens is 233 g/mol. The fourth-order valence-electron chi connectivity index (χ4n) is 0.878. The molecule has 52 valence electrons. The lowest BCUT2D eigenvalue weighted by Gasteiger charge is -2.04. The van der Waals surface area contributed by atoms with Crippen LogP contribution in [0.25, 0.3) is 0 Å². The van der Waals surface area contributed by atoms with Crippen LogP contribution in [0.1, 0.15) is 12.8 Å². The second kappa shape index (κ2) is 3.36. The van der Waals surface area contributed by atoms with Crippen molar-refractivity contribution in [3.05, 3.63) is 0 Å². The molecule has 3 nitrogen and oxygen atoms in total. The Morgan fingerprint density at radius 1 is 1.89 bits per heavy atom. The van der Waals surface area contributed by atoms with Gasteiger partial charge in [-0.15, -0.1) is 0 Å². The number of nitrogens with one attached hydrogen (secondary N) is 1. The maximum absolute atomic E-state index is 10.6. The second-order valence-corrected chi connectivity index (χ2v) is 2.70. The third-order valence-electron chi connectivity index (χ3n) is 1.35. The van der Waals surface area contributed by atoms with Crippen molar-refractivity contribution < 1.29 is 7.86 Å². The summed E-state index contributed by atoms with van der Waals surface area (Å²) in [5, 5.41) is 2.79. The lowest BCUT2D eigenvalue weighted by atomic mass is 10.2. The minimum Gasteiger partial charge on any atom is -0.351 e. The molecule has 1 atom stereocenters. The highest BCUT2D eigenvalue weighted by molar-refractivity contribution is 14.1. The Hall–Kier alpha value is 0.160. The predicted molar refractivity (Wildman–Crippen MR) is 41.1 cm³/mol. The van der Waals surface area contributed by atoms with Gasteiger partial charge in [-0.2, -0.15) is 0 Å². The van der Waals surface area contributed by atoms with Crippen LogP contribution in [-0.2, 0) is 7.86 Å². The average Bonchev–Trinajstić information content (AvgIpc) is 2.17. The van der Waals surface area contributed by atoms with Crippen LogP contribution >= 0.6 is 23.0 Å². The van der Waals surface area contributed by atoms with E-state index in [4.69, 9.17) is 3.07 Å². The number of hydrogen-bond donors (Lipinski definition) is 1. The van der Waals surface area contributed by atoms with Gasteiger partial charge in [0.1, 0.15) is 23.0 Å². The van der Waals surface area contributed by atoms with E-state index in [-0.39, 0.29) is 11.9 Å². The van der Waals surface area contributed by atoms with Crippen molar-refractivity contribution in [1.82, 2.24) is 5.32 Å². The predicted octanol–water partition coefficient (Wildman–Crippen LogP) is 0.632. The molecule has 1 saturated heterocycles. The topological polar surface area (TPSA) is 38.3 Å². The quantitative estimate of drug-likeness (QED) is 0.720. The average molecular weight is 241 g/mol. The van der Waals surface area contributed by atoms with Gasteiger partial charge < -0.3 is 8.38 Å². The molecule has 0 saturated carbocycles. The van der Waals surface area contributed by atoms with Gasteiger partial charge >= 0.3 is 0 Å². The summed E-state index contributed by atoms with van der Waals surface area (Å²) in [6, 6.07) is 0.259. The van der Waals surface area contributed by atoms with Gasteiger partial charge in [-0.05, 0) is 6.42 Å². The van der Waals surface area contributed by atoms with Gasteiger partial charge in [0.05, 0.1) is 12.6 Å². The van der Waals surface area contributed by atoms with Crippen molar-refractivity contribution in [1.29, 1.82) is 0 Å².